The molecule has 2 rings (SSSR count). The van der Waals surface area contributed by atoms with Gasteiger partial charge < -0.3 is 10.6 Å². The number of carbonyl (C=O) groups is 2. The fraction of sp³-hybridized carbons (Fsp3) is 0.750. The van der Waals surface area contributed by atoms with E-state index in [0.717, 1.165) is 11.6 Å². The van der Waals surface area contributed by atoms with E-state index in [-0.39, 0.29) is 23.9 Å². The molecular weight excluding hydrogens is 202 g/mol. The molecule has 0 aliphatic carbocycles. The average Bonchev–Trinajstić information content (AvgIpc) is 2.77. The Morgan fingerprint density at radius 3 is 3.00 bits per heavy atom. The Morgan fingerprint density at radius 2 is 2.43 bits per heavy atom. The van der Waals surface area contributed by atoms with Crippen molar-refractivity contribution < 1.29 is 9.59 Å². The van der Waals surface area contributed by atoms with Crippen LogP contribution in [0.1, 0.15) is 6.42 Å². The second-order valence-corrected chi connectivity index (χ2v) is 4.44. The van der Waals surface area contributed by atoms with E-state index in [1.165, 1.54) is 0 Å². The summed E-state index contributed by atoms with van der Waals surface area (Å²) in [7, 11) is 0. The maximum atomic E-state index is 11.6. The molecule has 2 aliphatic heterocycles. The van der Waals surface area contributed by atoms with Crippen LogP contribution in [0.25, 0.3) is 0 Å². The molecule has 0 spiro atoms. The van der Waals surface area contributed by atoms with Crippen LogP contribution in [-0.2, 0) is 9.59 Å². The molecule has 2 saturated heterocycles. The third kappa shape index (κ3) is 2.01. The number of carbonyl (C=O) groups excluding carboxylic acids is 2. The van der Waals surface area contributed by atoms with Gasteiger partial charge in [0.2, 0.25) is 11.8 Å². The lowest BCUT2D eigenvalue weighted by molar-refractivity contribution is -0.128. The van der Waals surface area contributed by atoms with Gasteiger partial charge in [-0.05, 0) is 6.42 Å². The molecule has 2 unspecified atom stereocenters. The minimum Gasteiger partial charge on any atom is -0.354 e. The van der Waals surface area contributed by atoms with Crippen molar-refractivity contribution in [2.75, 3.05) is 18.2 Å². The highest BCUT2D eigenvalue weighted by atomic mass is 32.2. The number of rotatable bonds is 2. The standard InChI is InChI=1S/C8H13N3O2S/c12-7-5(1-2-9-7)11-8(13)6-3-14-4-10-6/h5-6,10H,1-4H2,(H,9,12)(H,11,13). The maximum absolute atomic E-state index is 11.6. The predicted octanol–water partition coefficient (Wildman–Crippen LogP) is -1.35. The summed E-state index contributed by atoms with van der Waals surface area (Å²) in [6.45, 7) is 0.663. The van der Waals surface area contributed by atoms with Crippen LogP contribution in [0.15, 0.2) is 0 Å². The van der Waals surface area contributed by atoms with E-state index >= 15 is 0 Å². The van der Waals surface area contributed by atoms with Crippen LogP contribution in [0.2, 0.25) is 0 Å². The smallest absolute Gasteiger partial charge is 0.242 e. The molecule has 3 N–H and O–H groups in total. The fourth-order valence-electron chi connectivity index (χ4n) is 1.57. The van der Waals surface area contributed by atoms with Gasteiger partial charge in [0.05, 0.1) is 6.04 Å². The topological polar surface area (TPSA) is 70.2 Å². The van der Waals surface area contributed by atoms with Crippen molar-refractivity contribution in [2.24, 2.45) is 0 Å². The van der Waals surface area contributed by atoms with Gasteiger partial charge in [0, 0.05) is 18.2 Å². The minimum absolute atomic E-state index is 0.0583. The first-order chi connectivity index (χ1) is 6.77. The third-order valence-corrected chi connectivity index (χ3v) is 3.34. The SMILES string of the molecule is O=C(NC1CCNC1=O)C1CSCN1. The van der Waals surface area contributed by atoms with Gasteiger partial charge in [-0.25, -0.2) is 0 Å². The second-order valence-electron chi connectivity index (χ2n) is 3.41. The summed E-state index contributed by atoms with van der Waals surface area (Å²) in [6.07, 6.45) is 0.699. The monoisotopic (exact) mass is 215 g/mol. The lowest BCUT2D eigenvalue weighted by Crippen LogP contribution is -2.48. The molecule has 0 bridgehead atoms. The van der Waals surface area contributed by atoms with Crippen molar-refractivity contribution in [3.63, 3.8) is 0 Å². The Labute approximate surface area is 86.4 Å². The zero-order valence-electron chi connectivity index (χ0n) is 7.71. The first-order valence-electron chi connectivity index (χ1n) is 4.66. The third-order valence-electron chi connectivity index (χ3n) is 2.40. The molecule has 14 heavy (non-hydrogen) atoms. The van der Waals surface area contributed by atoms with Crippen molar-refractivity contribution in [1.29, 1.82) is 0 Å². The van der Waals surface area contributed by atoms with Crippen LogP contribution >= 0.6 is 11.8 Å². The molecule has 5 nitrogen and oxygen atoms in total. The van der Waals surface area contributed by atoms with Gasteiger partial charge in [-0.2, -0.15) is 0 Å². The van der Waals surface area contributed by atoms with Crippen LogP contribution in [0.3, 0.4) is 0 Å². The normalized spacial score (nSPS) is 31.6. The van der Waals surface area contributed by atoms with Crippen molar-refractivity contribution in [3.8, 4) is 0 Å². The van der Waals surface area contributed by atoms with Gasteiger partial charge in [-0.3, -0.25) is 14.9 Å². The van der Waals surface area contributed by atoms with Gasteiger partial charge in [-0.15, -0.1) is 11.8 Å². The molecule has 2 heterocycles. The molecule has 6 heteroatoms. The molecule has 0 radical (unpaired) electrons. The van der Waals surface area contributed by atoms with Crippen LogP contribution in [0, 0.1) is 0 Å². The maximum Gasteiger partial charge on any atom is 0.242 e. The predicted molar refractivity (Wildman–Crippen MR) is 53.8 cm³/mol. The molecule has 0 aromatic heterocycles. The van der Waals surface area contributed by atoms with Gasteiger partial charge in [0.15, 0.2) is 0 Å². The molecule has 78 valence electrons. The van der Waals surface area contributed by atoms with Crippen LogP contribution < -0.4 is 16.0 Å². The molecule has 2 fully saturated rings. The molecule has 2 atom stereocenters. The fourth-order valence-corrected chi connectivity index (χ4v) is 2.51. The van der Waals surface area contributed by atoms with Crippen molar-refractivity contribution in [2.45, 2.75) is 18.5 Å². The summed E-state index contributed by atoms with van der Waals surface area (Å²) < 4.78 is 0. The van der Waals surface area contributed by atoms with Crippen molar-refractivity contribution in [3.05, 3.63) is 0 Å². The van der Waals surface area contributed by atoms with E-state index in [1.54, 1.807) is 11.8 Å². The number of amides is 2. The molecule has 2 aliphatic rings. The number of nitrogens with one attached hydrogen (secondary N) is 3. The highest BCUT2D eigenvalue weighted by Crippen LogP contribution is 2.10. The van der Waals surface area contributed by atoms with Crippen LogP contribution in [0.4, 0.5) is 0 Å². The summed E-state index contributed by atoms with van der Waals surface area (Å²) in [5, 5.41) is 8.49. The molecule has 0 saturated carbocycles. The van der Waals surface area contributed by atoms with Gasteiger partial charge in [0.25, 0.3) is 0 Å². The molecule has 0 aromatic rings. The number of hydrogen-bond donors (Lipinski definition) is 3. The van der Waals surface area contributed by atoms with Gasteiger partial charge >= 0.3 is 0 Å². The highest BCUT2D eigenvalue weighted by Gasteiger charge is 2.29. The molecular formula is C8H13N3O2S. The zero-order valence-corrected chi connectivity index (χ0v) is 8.52. The van der Waals surface area contributed by atoms with Gasteiger partial charge in [-0.1, -0.05) is 0 Å². The van der Waals surface area contributed by atoms with E-state index in [4.69, 9.17) is 0 Å². The zero-order chi connectivity index (χ0) is 9.97. The number of hydrogen-bond acceptors (Lipinski definition) is 4. The van der Waals surface area contributed by atoms with E-state index in [1.807, 2.05) is 0 Å². The van der Waals surface area contributed by atoms with E-state index in [0.29, 0.717) is 13.0 Å². The first kappa shape index (κ1) is 9.79. The highest BCUT2D eigenvalue weighted by molar-refractivity contribution is 7.99. The molecule has 0 aromatic carbocycles. The Bertz CT molecular complexity index is 253. The van der Waals surface area contributed by atoms with Crippen molar-refractivity contribution in [1.82, 2.24) is 16.0 Å². The van der Waals surface area contributed by atoms with Crippen LogP contribution in [0.5, 0.6) is 0 Å². The Hall–Kier alpha value is -0.750. The summed E-state index contributed by atoms with van der Waals surface area (Å²) in [5.74, 6) is 1.48. The first-order valence-corrected chi connectivity index (χ1v) is 5.82. The summed E-state index contributed by atoms with van der Waals surface area (Å²) in [4.78, 5) is 22.8. The average molecular weight is 215 g/mol. The Balaban J connectivity index is 1.84. The number of thioether (sulfide) groups is 1. The minimum atomic E-state index is -0.324. The summed E-state index contributed by atoms with van der Waals surface area (Å²) >= 11 is 1.70. The Kier molecular flexibility index (Phi) is 2.93. The largest absolute Gasteiger partial charge is 0.354 e. The quantitative estimate of drug-likeness (QED) is 0.533. The summed E-state index contributed by atoms with van der Waals surface area (Å²) in [6, 6.07) is -0.455. The van der Waals surface area contributed by atoms with Gasteiger partial charge in [0.1, 0.15) is 6.04 Å². The second kappa shape index (κ2) is 4.18. The Morgan fingerprint density at radius 1 is 1.57 bits per heavy atom. The van der Waals surface area contributed by atoms with E-state index < -0.39 is 0 Å². The molecule has 2 amide bonds. The van der Waals surface area contributed by atoms with Crippen LogP contribution in [-0.4, -0.2) is 42.1 Å². The van der Waals surface area contributed by atoms with E-state index in [2.05, 4.69) is 16.0 Å². The lowest BCUT2D eigenvalue weighted by Gasteiger charge is -2.13. The van der Waals surface area contributed by atoms with E-state index in [9.17, 15) is 9.59 Å². The van der Waals surface area contributed by atoms with Crippen molar-refractivity contribution >= 4 is 23.6 Å². The lowest BCUT2D eigenvalue weighted by atomic mass is 10.2. The summed E-state index contributed by atoms with van der Waals surface area (Å²) in [5.41, 5.74) is 0.